The van der Waals surface area contributed by atoms with Crippen LogP contribution in [0.15, 0.2) is 24.3 Å². The fourth-order valence-corrected chi connectivity index (χ4v) is 1.71. The van der Waals surface area contributed by atoms with Crippen LogP contribution in [0.5, 0.6) is 5.75 Å². The molecule has 0 fully saturated rings. The summed E-state index contributed by atoms with van der Waals surface area (Å²) in [6, 6.07) is 7.51. The maximum Gasteiger partial charge on any atom is 0.189 e. The van der Waals surface area contributed by atoms with E-state index >= 15 is 0 Å². The second-order valence-corrected chi connectivity index (χ2v) is 4.73. The third kappa shape index (κ3) is 7.64. The van der Waals surface area contributed by atoms with E-state index in [1.165, 1.54) is 0 Å². The van der Waals surface area contributed by atoms with Crippen molar-refractivity contribution >= 4 is 40.3 Å². The highest BCUT2D eigenvalue weighted by Crippen LogP contribution is 2.15. The Balaban J connectivity index is 2.28. The Bertz CT molecular complexity index is 454. The van der Waals surface area contributed by atoms with Crippen molar-refractivity contribution in [2.75, 3.05) is 32.2 Å². The van der Waals surface area contributed by atoms with Gasteiger partial charge in [0.05, 0.1) is 13.2 Å². The predicted molar refractivity (Wildman–Crippen MR) is 92.6 cm³/mol. The smallest absolute Gasteiger partial charge is 0.189 e. The first-order valence-electron chi connectivity index (χ1n) is 6.48. The Morgan fingerprint density at radius 1 is 1.10 bits per heavy atom. The summed E-state index contributed by atoms with van der Waals surface area (Å²) in [5, 5.41) is 6.84. The van der Waals surface area contributed by atoms with E-state index in [0.29, 0.717) is 30.0 Å². The molecule has 0 atom stereocenters. The maximum atomic E-state index is 5.37. The van der Waals surface area contributed by atoms with Crippen LogP contribution in [0.25, 0.3) is 0 Å². The molecule has 0 saturated carbocycles. The SMILES string of the molecule is CCOc1ccc(NC(=S)NNC(=S)NCCOC)cc1. The van der Waals surface area contributed by atoms with E-state index in [-0.39, 0.29) is 0 Å². The quantitative estimate of drug-likeness (QED) is 0.355. The summed E-state index contributed by atoms with van der Waals surface area (Å²) in [5.74, 6) is 0.823. The van der Waals surface area contributed by atoms with Gasteiger partial charge in [-0.3, -0.25) is 10.9 Å². The average Bonchev–Trinajstić information content (AvgIpc) is 2.48. The van der Waals surface area contributed by atoms with E-state index in [2.05, 4.69) is 21.5 Å². The summed E-state index contributed by atoms with van der Waals surface area (Å²) in [7, 11) is 1.63. The van der Waals surface area contributed by atoms with Crippen molar-refractivity contribution < 1.29 is 9.47 Å². The lowest BCUT2D eigenvalue weighted by atomic mass is 10.3. The molecule has 0 heterocycles. The van der Waals surface area contributed by atoms with E-state index in [1.807, 2.05) is 31.2 Å². The molecule has 0 bridgehead atoms. The number of benzene rings is 1. The first-order valence-corrected chi connectivity index (χ1v) is 7.30. The zero-order valence-corrected chi connectivity index (χ0v) is 13.7. The van der Waals surface area contributed by atoms with Gasteiger partial charge in [0.25, 0.3) is 0 Å². The third-order valence-corrected chi connectivity index (χ3v) is 2.76. The van der Waals surface area contributed by atoms with E-state index in [4.69, 9.17) is 33.9 Å². The zero-order chi connectivity index (χ0) is 15.5. The van der Waals surface area contributed by atoms with Gasteiger partial charge in [-0.05, 0) is 55.6 Å². The molecule has 0 radical (unpaired) electrons. The standard InChI is InChI=1S/C13H20N4O2S2/c1-3-19-11-6-4-10(5-7-11)15-13(21)17-16-12(20)14-8-9-18-2/h4-7H,3,8-9H2,1-2H3,(H2,14,16,20)(H2,15,17,21). The molecular weight excluding hydrogens is 308 g/mol. The van der Waals surface area contributed by atoms with Gasteiger partial charge in [0, 0.05) is 19.3 Å². The second kappa shape index (κ2) is 10.1. The summed E-state index contributed by atoms with van der Waals surface area (Å²) in [5.41, 5.74) is 6.43. The van der Waals surface area contributed by atoms with Crippen LogP contribution in [0.1, 0.15) is 6.92 Å². The molecule has 0 aliphatic rings. The molecule has 0 aromatic heterocycles. The highest BCUT2D eigenvalue weighted by Gasteiger charge is 1.99. The lowest BCUT2D eigenvalue weighted by Crippen LogP contribution is -2.48. The Labute approximate surface area is 135 Å². The maximum absolute atomic E-state index is 5.37. The Morgan fingerprint density at radius 3 is 2.38 bits per heavy atom. The molecule has 21 heavy (non-hydrogen) atoms. The van der Waals surface area contributed by atoms with E-state index in [9.17, 15) is 0 Å². The molecule has 8 heteroatoms. The van der Waals surface area contributed by atoms with Crippen LogP contribution in [0.3, 0.4) is 0 Å². The molecule has 0 spiro atoms. The largest absolute Gasteiger partial charge is 0.494 e. The van der Waals surface area contributed by atoms with Crippen LogP contribution in [-0.4, -0.2) is 37.1 Å². The topological polar surface area (TPSA) is 66.6 Å². The molecule has 4 N–H and O–H groups in total. The Morgan fingerprint density at radius 2 is 1.76 bits per heavy atom. The van der Waals surface area contributed by atoms with E-state index < -0.39 is 0 Å². The molecule has 1 rings (SSSR count). The molecule has 0 unspecified atom stereocenters. The molecule has 1 aromatic carbocycles. The van der Waals surface area contributed by atoms with Gasteiger partial charge in [-0.1, -0.05) is 0 Å². The molecule has 0 saturated heterocycles. The normalized spacial score (nSPS) is 9.62. The lowest BCUT2D eigenvalue weighted by molar-refractivity contribution is 0.204. The van der Waals surface area contributed by atoms with Gasteiger partial charge < -0.3 is 20.1 Å². The van der Waals surface area contributed by atoms with Crippen LogP contribution in [0.4, 0.5) is 5.69 Å². The highest BCUT2D eigenvalue weighted by molar-refractivity contribution is 7.80. The van der Waals surface area contributed by atoms with Crippen molar-refractivity contribution in [2.24, 2.45) is 0 Å². The number of anilines is 1. The van der Waals surface area contributed by atoms with Gasteiger partial charge in [0.1, 0.15) is 5.75 Å². The first-order chi connectivity index (χ1) is 10.2. The predicted octanol–water partition coefficient (Wildman–Crippen LogP) is 1.40. The Hall–Kier alpha value is -1.64. The van der Waals surface area contributed by atoms with E-state index in [0.717, 1.165) is 11.4 Å². The minimum absolute atomic E-state index is 0.412. The molecule has 6 nitrogen and oxygen atoms in total. The van der Waals surface area contributed by atoms with Gasteiger partial charge in [0.2, 0.25) is 0 Å². The van der Waals surface area contributed by atoms with Crippen molar-refractivity contribution in [2.45, 2.75) is 6.92 Å². The van der Waals surface area contributed by atoms with Gasteiger partial charge in [-0.15, -0.1) is 0 Å². The van der Waals surface area contributed by atoms with Crippen LogP contribution in [0.2, 0.25) is 0 Å². The zero-order valence-electron chi connectivity index (χ0n) is 12.1. The number of hydrazine groups is 1. The molecule has 116 valence electrons. The minimum atomic E-state index is 0.412. The second-order valence-electron chi connectivity index (χ2n) is 3.91. The van der Waals surface area contributed by atoms with Gasteiger partial charge in [0.15, 0.2) is 10.2 Å². The van der Waals surface area contributed by atoms with Crippen LogP contribution in [-0.2, 0) is 4.74 Å². The average molecular weight is 328 g/mol. The monoisotopic (exact) mass is 328 g/mol. The molecule has 1 aromatic rings. The van der Waals surface area contributed by atoms with Crippen molar-refractivity contribution in [1.29, 1.82) is 0 Å². The molecular formula is C13H20N4O2S2. The summed E-state index contributed by atoms with van der Waals surface area (Å²) in [6.45, 7) is 3.80. The molecule has 0 aliphatic heterocycles. The van der Waals surface area contributed by atoms with Crippen molar-refractivity contribution in [3.63, 3.8) is 0 Å². The number of methoxy groups -OCH3 is 1. The van der Waals surface area contributed by atoms with Crippen LogP contribution in [0, 0.1) is 0 Å². The van der Waals surface area contributed by atoms with Crippen molar-refractivity contribution in [1.82, 2.24) is 16.2 Å². The fraction of sp³-hybridized carbons (Fsp3) is 0.385. The molecule has 0 amide bonds. The summed E-state index contributed by atoms with van der Waals surface area (Å²) >= 11 is 10.2. The van der Waals surface area contributed by atoms with Crippen molar-refractivity contribution in [3.8, 4) is 5.75 Å². The van der Waals surface area contributed by atoms with Crippen LogP contribution < -0.4 is 26.2 Å². The fourth-order valence-electron chi connectivity index (χ4n) is 1.39. The van der Waals surface area contributed by atoms with Gasteiger partial charge in [-0.2, -0.15) is 0 Å². The number of nitrogens with one attached hydrogen (secondary N) is 4. The first kappa shape index (κ1) is 17.4. The lowest BCUT2D eigenvalue weighted by Gasteiger charge is -2.14. The number of ether oxygens (including phenoxy) is 2. The number of thiocarbonyl (C=S) groups is 2. The summed E-state index contributed by atoms with van der Waals surface area (Å²) in [4.78, 5) is 0. The summed E-state index contributed by atoms with van der Waals surface area (Å²) in [6.07, 6.45) is 0. The van der Waals surface area contributed by atoms with E-state index in [1.54, 1.807) is 7.11 Å². The summed E-state index contributed by atoms with van der Waals surface area (Å²) < 4.78 is 10.3. The number of hydrogen-bond acceptors (Lipinski definition) is 4. The number of hydrogen-bond donors (Lipinski definition) is 4. The molecule has 0 aliphatic carbocycles. The minimum Gasteiger partial charge on any atom is -0.494 e. The highest BCUT2D eigenvalue weighted by atomic mass is 32.1. The Kier molecular flexibility index (Phi) is 8.41. The van der Waals surface area contributed by atoms with Crippen LogP contribution >= 0.6 is 24.4 Å². The van der Waals surface area contributed by atoms with Crippen molar-refractivity contribution in [3.05, 3.63) is 24.3 Å². The third-order valence-electron chi connectivity index (χ3n) is 2.30. The van der Waals surface area contributed by atoms with Gasteiger partial charge >= 0.3 is 0 Å². The number of rotatable bonds is 6. The van der Waals surface area contributed by atoms with Gasteiger partial charge in [-0.25, -0.2) is 0 Å².